The lowest BCUT2D eigenvalue weighted by Crippen LogP contribution is -2.38. The van der Waals surface area contributed by atoms with E-state index < -0.39 is 0 Å². The maximum absolute atomic E-state index is 5.57. The van der Waals surface area contributed by atoms with Crippen molar-refractivity contribution in [3.8, 4) is 0 Å². The molecule has 0 saturated heterocycles. The fourth-order valence-corrected chi connectivity index (χ4v) is 2.77. The number of thioether (sulfide) groups is 1. The molecule has 96 valence electrons. The summed E-state index contributed by atoms with van der Waals surface area (Å²) in [5.41, 5.74) is 2.83. The third kappa shape index (κ3) is 4.17. The molecule has 2 aromatic rings. The predicted molar refractivity (Wildman–Crippen MR) is 78.4 cm³/mol. The first kappa shape index (κ1) is 13.7. The van der Waals surface area contributed by atoms with Crippen molar-refractivity contribution in [3.63, 3.8) is 0 Å². The largest absolute Gasteiger partial charge is 0.469 e. The van der Waals surface area contributed by atoms with Crippen LogP contribution in [0.5, 0.6) is 0 Å². The van der Waals surface area contributed by atoms with Crippen molar-refractivity contribution in [2.75, 3.05) is 5.75 Å². The molecule has 0 radical (unpaired) electrons. The minimum Gasteiger partial charge on any atom is -0.469 e. The number of furan rings is 1. The van der Waals surface area contributed by atoms with Gasteiger partial charge in [-0.15, -0.1) is 11.8 Å². The van der Waals surface area contributed by atoms with Crippen LogP contribution in [-0.4, -0.2) is 11.8 Å². The number of nitrogens with one attached hydrogen (secondary N) is 1. The summed E-state index contributed by atoms with van der Waals surface area (Å²) in [6, 6.07) is 12.3. The lowest BCUT2D eigenvalue weighted by Gasteiger charge is -2.14. The minimum atomic E-state index is 0.199. The molecule has 0 bridgehead atoms. The van der Waals surface area contributed by atoms with Gasteiger partial charge in [-0.3, -0.25) is 11.3 Å². The second-order valence-electron chi connectivity index (χ2n) is 3.91. The first-order chi connectivity index (χ1) is 8.78. The molecule has 0 saturated carbocycles. The zero-order valence-electron chi connectivity index (χ0n) is 9.80. The van der Waals surface area contributed by atoms with Crippen LogP contribution in [0.4, 0.5) is 0 Å². The Morgan fingerprint density at radius 3 is 2.67 bits per heavy atom. The van der Waals surface area contributed by atoms with E-state index in [0.717, 1.165) is 22.4 Å². The average Bonchev–Trinajstić information content (AvgIpc) is 2.89. The molecule has 0 aliphatic carbocycles. The Morgan fingerprint density at radius 1 is 1.28 bits per heavy atom. The van der Waals surface area contributed by atoms with E-state index in [1.54, 1.807) is 18.0 Å². The Bertz CT molecular complexity index is 458. The van der Waals surface area contributed by atoms with Crippen LogP contribution in [0.3, 0.4) is 0 Å². The molecule has 0 fully saturated rings. The second kappa shape index (κ2) is 6.99. The van der Waals surface area contributed by atoms with E-state index in [9.17, 15) is 0 Å². The highest BCUT2D eigenvalue weighted by molar-refractivity contribution is 9.10. The highest BCUT2D eigenvalue weighted by Gasteiger charge is 2.10. The van der Waals surface area contributed by atoms with Crippen LogP contribution in [0.1, 0.15) is 5.76 Å². The molecule has 2 rings (SSSR count). The van der Waals surface area contributed by atoms with Crippen molar-refractivity contribution in [1.29, 1.82) is 0 Å². The first-order valence-corrected chi connectivity index (χ1v) is 7.42. The summed E-state index contributed by atoms with van der Waals surface area (Å²) < 4.78 is 6.42. The number of nitrogens with two attached hydrogens (primary N) is 1. The first-order valence-electron chi connectivity index (χ1n) is 5.65. The maximum Gasteiger partial charge on any atom is 0.105 e. The molecule has 5 heteroatoms. The summed E-state index contributed by atoms with van der Waals surface area (Å²) in [4.78, 5) is 1.23. The highest BCUT2D eigenvalue weighted by atomic mass is 79.9. The van der Waals surface area contributed by atoms with Gasteiger partial charge in [0.25, 0.3) is 0 Å². The van der Waals surface area contributed by atoms with Crippen molar-refractivity contribution in [2.45, 2.75) is 17.4 Å². The molecule has 1 heterocycles. The van der Waals surface area contributed by atoms with Gasteiger partial charge in [-0.2, -0.15) is 0 Å². The van der Waals surface area contributed by atoms with Crippen LogP contribution in [-0.2, 0) is 6.42 Å². The Labute approximate surface area is 119 Å². The summed E-state index contributed by atoms with van der Waals surface area (Å²) in [7, 11) is 0. The van der Waals surface area contributed by atoms with Gasteiger partial charge in [0.1, 0.15) is 5.76 Å². The molecule has 18 heavy (non-hydrogen) atoms. The third-order valence-corrected chi connectivity index (χ3v) is 4.23. The summed E-state index contributed by atoms with van der Waals surface area (Å²) in [5, 5.41) is 0. The van der Waals surface area contributed by atoms with E-state index >= 15 is 0 Å². The topological polar surface area (TPSA) is 51.2 Å². The fraction of sp³-hybridized carbons (Fsp3) is 0.231. The lowest BCUT2D eigenvalue weighted by atomic mass is 10.2. The van der Waals surface area contributed by atoms with Gasteiger partial charge < -0.3 is 4.42 Å². The predicted octanol–water partition coefficient (Wildman–Crippen LogP) is 3.21. The summed E-state index contributed by atoms with van der Waals surface area (Å²) >= 11 is 5.20. The third-order valence-electron chi connectivity index (χ3n) is 2.53. The zero-order chi connectivity index (χ0) is 12.8. The number of hydrogen-bond acceptors (Lipinski definition) is 4. The number of rotatable bonds is 6. The van der Waals surface area contributed by atoms with Crippen LogP contribution < -0.4 is 11.3 Å². The van der Waals surface area contributed by atoms with Gasteiger partial charge in [-0.1, -0.05) is 15.9 Å². The fourth-order valence-electron chi connectivity index (χ4n) is 1.57. The van der Waals surface area contributed by atoms with Gasteiger partial charge in [0.2, 0.25) is 0 Å². The quantitative estimate of drug-likeness (QED) is 0.486. The van der Waals surface area contributed by atoms with Crippen LogP contribution in [0.15, 0.2) is 56.4 Å². The number of halogens is 1. The summed E-state index contributed by atoms with van der Waals surface area (Å²) in [6.07, 6.45) is 2.48. The Kier molecular flexibility index (Phi) is 5.31. The molecule has 0 spiro atoms. The van der Waals surface area contributed by atoms with Gasteiger partial charge >= 0.3 is 0 Å². The van der Waals surface area contributed by atoms with Crippen LogP contribution in [0.25, 0.3) is 0 Å². The Hall–Kier alpha value is -0.750. The van der Waals surface area contributed by atoms with Crippen molar-refractivity contribution >= 4 is 27.7 Å². The van der Waals surface area contributed by atoms with Crippen molar-refractivity contribution < 1.29 is 4.42 Å². The minimum absolute atomic E-state index is 0.199. The number of benzene rings is 1. The van der Waals surface area contributed by atoms with Gasteiger partial charge in [-0.25, -0.2) is 0 Å². The second-order valence-corrected chi connectivity index (χ2v) is 5.92. The van der Waals surface area contributed by atoms with Crippen LogP contribution in [0.2, 0.25) is 0 Å². The molecule has 0 aliphatic heterocycles. The molecular formula is C13H15BrN2OS. The van der Waals surface area contributed by atoms with Gasteiger partial charge in [0, 0.05) is 27.6 Å². The Morgan fingerprint density at radius 2 is 2.06 bits per heavy atom. The molecule has 0 aliphatic rings. The van der Waals surface area contributed by atoms with Crippen molar-refractivity contribution in [2.24, 2.45) is 5.84 Å². The number of hydrazine groups is 1. The van der Waals surface area contributed by atoms with E-state index in [2.05, 4.69) is 33.5 Å². The van der Waals surface area contributed by atoms with Crippen molar-refractivity contribution in [3.05, 3.63) is 52.9 Å². The lowest BCUT2D eigenvalue weighted by molar-refractivity contribution is 0.465. The van der Waals surface area contributed by atoms with Crippen molar-refractivity contribution in [1.82, 2.24) is 5.43 Å². The smallest absolute Gasteiger partial charge is 0.105 e. The summed E-state index contributed by atoms with van der Waals surface area (Å²) in [6.45, 7) is 0. The molecule has 3 N–H and O–H groups in total. The molecule has 0 amide bonds. The summed E-state index contributed by atoms with van der Waals surface area (Å²) in [5.74, 6) is 7.42. The molecule has 1 aromatic carbocycles. The van der Waals surface area contributed by atoms with E-state index in [0.29, 0.717) is 0 Å². The highest BCUT2D eigenvalue weighted by Crippen LogP contribution is 2.22. The SMILES string of the molecule is NNC(CSc1ccc(Br)cc1)Cc1ccco1. The van der Waals surface area contributed by atoms with Crippen LogP contribution >= 0.6 is 27.7 Å². The van der Waals surface area contributed by atoms with E-state index in [-0.39, 0.29) is 6.04 Å². The molecule has 1 atom stereocenters. The van der Waals surface area contributed by atoms with E-state index in [1.165, 1.54) is 4.90 Å². The Balaban J connectivity index is 1.85. The zero-order valence-corrected chi connectivity index (χ0v) is 12.2. The molecular weight excluding hydrogens is 312 g/mol. The van der Waals surface area contributed by atoms with E-state index in [4.69, 9.17) is 10.3 Å². The standard InChI is InChI=1S/C13H15BrN2OS/c14-10-3-5-13(6-4-10)18-9-11(16-15)8-12-2-1-7-17-12/h1-7,11,16H,8-9,15H2. The molecule has 3 nitrogen and oxygen atoms in total. The normalized spacial score (nSPS) is 12.6. The molecule has 1 aromatic heterocycles. The van der Waals surface area contributed by atoms with Gasteiger partial charge in [0.15, 0.2) is 0 Å². The maximum atomic E-state index is 5.57. The monoisotopic (exact) mass is 326 g/mol. The van der Waals surface area contributed by atoms with E-state index in [1.807, 2.05) is 24.3 Å². The average molecular weight is 327 g/mol. The van der Waals surface area contributed by atoms with Gasteiger partial charge in [-0.05, 0) is 36.4 Å². The van der Waals surface area contributed by atoms with Gasteiger partial charge in [0.05, 0.1) is 6.26 Å². The molecule has 1 unspecified atom stereocenters. The number of hydrogen-bond donors (Lipinski definition) is 2. The van der Waals surface area contributed by atoms with Crippen LogP contribution in [0, 0.1) is 0 Å².